The number of fused-ring (bicyclic) bond motifs is 1. The highest BCUT2D eigenvalue weighted by Crippen LogP contribution is 2.33. The SMILES string of the molecule is CCNC(=NCCCc1nc(C)cs1)N1CCc2cc(OC)c(OC)cc2C1.I. The van der Waals surface area contributed by atoms with E-state index < -0.39 is 0 Å². The standard InChI is InChI=1S/C21H30N4O2S.HI/c1-5-22-21(23-9-6-7-20-24-15(2)14-28-20)25-10-8-16-11-18(26-3)19(27-4)12-17(16)13-25;/h11-12,14H,5-10,13H2,1-4H3,(H,22,23);1H. The summed E-state index contributed by atoms with van der Waals surface area (Å²) >= 11 is 1.74. The van der Waals surface area contributed by atoms with Gasteiger partial charge >= 0.3 is 0 Å². The van der Waals surface area contributed by atoms with Gasteiger partial charge in [-0.1, -0.05) is 0 Å². The van der Waals surface area contributed by atoms with Crippen LogP contribution in [0.4, 0.5) is 0 Å². The number of aromatic nitrogens is 1. The van der Waals surface area contributed by atoms with Gasteiger partial charge in [-0.05, 0) is 49.9 Å². The lowest BCUT2D eigenvalue weighted by atomic mass is 9.99. The molecular formula is C21H31IN4O2S. The fourth-order valence-electron chi connectivity index (χ4n) is 3.42. The molecular weight excluding hydrogens is 499 g/mol. The molecule has 0 amide bonds. The molecule has 160 valence electrons. The zero-order valence-corrected chi connectivity index (χ0v) is 20.8. The lowest BCUT2D eigenvalue weighted by Crippen LogP contribution is -2.44. The fourth-order valence-corrected chi connectivity index (χ4v) is 4.24. The Labute approximate surface area is 194 Å². The minimum atomic E-state index is 0. The van der Waals surface area contributed by atoms with Crippen molar-refractivity contribution in [3.63, 3.8) is 0 Å². The number of halogens is 1. The van der Waals surface area contributed by atoms with Crippen LogP contribution in [0.3, 0.4) is 0 Å². The lowest BCUT2D eigenvalue weighted by molar-refractivity contribution is 0.346. The number of rotatable bonds is 7. The molecule has 0 aliphatic carbocycles. The molecule has 1 aliphatic heterocycles. The second-order valence-corrected chi connectivity index (χ2v) is 7.81. The smallest absolute Gasteiger partial charge is 0.194 e. The van der Waals surface area contributed by atoms with Crippen molar-refractivity contribution >= 4 is 41.3 Å². The van der Waals surface area contributed by atoms with Crippen molar-refractivity contribution in [1.82, 2.24) is 15.2 Å². The molecule has 1 aliphatic rings. The van der Waals surface area contributed by atoms with E-state index >= 15 is 0 Å². The Bertz CT molecular complexity index is 825. The molecule has 0 fully saturated rings. The minimum Gasteiger partial charge on any atom is -0.493 e. The number of aryl methyl sites for hydroxylation is 2. The Hall–Kier alpha value is -1.55. The highest BCUT2D eigenvalue weighted by atomic mass is 127. The van der Waals surface area contributed by atoms with Crippen molar-refractivity contribution in [3.05, 3.63) is 39.3 Å². The van der Waals surface area contributed by atoms with Crippen LogP contribution in [0.1, 0.15) is 35.2 Å². The van der Waals surface area contributed by atoms with Gasteiger partial charge in [0.05, 0.1) is 19.2 Å². The van der Waals surface area contributed by atoms with Crippen LogP contribution in [0.5, 0.6) is 11.5 Å². The van der Waals surface area contributed by atoms with Crippen LogP contribution in [-0.4, -0.2) is 49.7 Å². The average Bonchev–Trinajstić information content (AvgIpc) is 3.13. The topological polar surface area (TPSA) is 59.0 Å². The second kappa shape index (κ2) is 11.6. The summed E-state index contributed by atoms with van der Waals surface area (Å²) in [6.45, 7) is 7.59. The van der Waals surface area contributed by atoms with E-state index in [4.69, 9.17) is 14.5 Å². The molecule has 0 bridgehead atoms. The van der Waals surface area contributed by atoms with Gasteiger partial charge in [-0.25, -0.2) is 4.98 Å². The molecule has 29 heavy (non-hydrogen) atoms. The molecule has 0 radical (unpaired) electrons. The molecule has 2 aromatic rings. The van der Waals surface area contributed by atoms with Crippen molar-refractivity contribution < 1.29 is 9.47 Å². The number of thiazole rings is 1. The zero-order valence-electron chi connectivity index (χ0n) is 17.7. The van der Waals surface area contributed by atoms with E-state index in [0.717, 1.165) is 68.6 Å². The van der Waals surface area contributed by atoms with Gasteiger partial charge in [-0.2, -0.15) is 0 Å². The molecule has 0 saturated heterocycles. The Balaban J connectivity index is 0.00000300. The minimum absolute atomic E-state index is 0. The van der Waals surface area contributed by atoms with Gasteiger partial charge < -0.3 is 19.7 Å². The first-order valence-corrected chi connectivity index (χ1v) is 10.7. The number of benzene rings is 1. The molecule has 2 heterocycles. The maximum absolute atomic E-state index is 5.47. The molecule has 1 aromatic carbocycles. The van der Waals surface area contributed by atoms with E-state index in [1.165, 1.54) is 16.1 Å². The van der Waals surface area contributed by atoms with Gasteiger partial charge in [-0.15, -0.1) is 35.3 Å². The van der Waals surface area contributed by atoms with Gasteiger partial charge in [0.25, 0.3) is 0 Å². The summed E-state index contributed by atoms with van der Waals surface area (Å²) in [6, 6.07) is 4.19. The third-order valence-corrected chi connectivity index (χ3v) is 5.86. The maximum Gasteiger partial charge on any atom is 0.194 e. The number of hydrogen-bond acceptors (Lipinski definition) is 5. The predicted octanol–water partition coefficient (Wildman–Crippen LogP) is 4.04. The van der Waals surface area contributed by atoms with Crippen LogP contribution < -0.4 is 14.8 Å². The third-order valence-electron chi connectivity index (χ3n) is 4.83. The Kier molecular flexibility index (Phi) is 9.48. The van der Waals surface area contributed by atoms with Gasteiger partial charge in [0.1, 0.15) is 0 Å². The number of aliphatic imine (C=N–C) groups is 1. The Morgan fingerprint density at radius 1 is 1.24 bits per heavy atom. The second-order valence-electron chi connectivity index (χ2n) is 6.87. The van der Waals surface area contributed by atoms with E-state index in [0.29, 0.717) is 0 Å². The molecule has 1 N–H and O–H groups in total. The van der Waals surface area contributed by atoms with E-state index in [-0.39, 0.29) is 24.0 Å². The Morgan fingerprint density at radius 2 is 1.97 bits per heavy atom. The largest absolute Gasteiger partial charge is 0.493 e. The first-order valence-electron chi connectivity index (χ1n) is 9.82. The lowest BCUT2D eigenvalue weighted by Gasteiger charge is -2.32. The van der Waals surface area contributed by atoms with Crippen LogP contribution in [0.15, 0.2) is 22.5 Å². The molecule has 6 nitrogen and oxygen atoms in total. The predicted molar refractivity (Wildman–Crippen MR) is 130 cm³/mol. The van der Waals surface area contributed by atoms with E-state index in [9.17, 15) is 0 Å². The van der Waals surface area contributed by atoms with Gasteiger partial charge in [-0.3, -0.25) is 4.99 Å². The number of hydrogen-bond donors (Lipinski definition) is 1. The molecule has 8 heteroatoms. The van der Waals surface area contributed by atoms with Crippen molar-refractivity contribution in [2.45, 2.75) is 39.7 Å². The maximum atomic E-state index is 5.47. The number of guanidine groups is 1. The first-order chi connectivity index (χ1) is 13.6. The Morgan fingerprint density at radius 3 is 2.59 bits per heavy atom. The summed E-state index contributed by atoms with van der Waals surface area (Å²) in [5, 5.41) is 6.75. The summed E-state index contributed by atoms with van der Waals surface area (Å²) < 4.78 is 10.9. The van der Waals surface area contributed by atoms with Gasteiger partial charge in [0.2, 0.25) is 0 Å². The normalized spacial score (nSPS) is 13.5. The number of ether oxygens (including phenoxy) is 2. The van der Waals surface area contributed by atoms with Crippen LogP contribution in [0.25, 0.3) is 0 Å². The van der Waals surface area contributed by atoms with Crippen molar-refractivity contribution in [3.8, 4) is 11.5 Å². The monoisotopic (exact) mass is 530 g/mol. The van der Waals surface area contributed by atoms with Gasteiger partial charge in [0.15, 0.2) is 17.5 Å². The summed E-state index contributed by atoms with van der Waals surface area (Å²) in [6.07, 6.45) is 2.97. The number of methoxy groups -OCH3 is 2. The van der Waals surface area contributed by atoms with Crippen molar-refractivity contribution in [1.29, 1.82) is 0 Å². The molecule has 3 rings (SSSR count). The number of nitrogens with one attached hydrogen (secondary N) is 1. The van der Waals surface area contributed by atoms with Crippen LogP contribution in [0.2, 0.25) is 0 Å². The summed E-state index contributed by atoms with van der Waals surface area (Å²) in [5.41, 5.74) is 3.70. The van der Waals surface area contributed by atoms with Crippen molar-refractivity contribution in [2.24, 2.45) is 4.99 Å². The number of nitrogens with zero attached hydrogens (tertiary/aromatic N) is 3. The molecule has 1 aromatic heterocycles. The van der Waals surface area contributed by atoms with Gasteiger partial charge in [0, 0.05) is 43.7 Å². The summed E-state index contributed by atoms with van der Waals surface area (Å²) in [4.78, 5) is 11.7. The third kappa shape index (κ3) is 6.21. The molecule has 0 saturated carbocycles. The summed E-state index contributed by atoms with van der Waals surface area (Å²) in [7, 11) is 3.36. The first kappa shape index (κ1) is 23.7. The quantitative estimate of drug-likeness (QED) is 0.254. The zero-order chi connectivity index (χ0) is 19.9. The highest BCUT2D eigenvalue weighted by molar-refractivity contribution is 14.0. The average molecular weight is 530 g/mol. The van der Waals surface area contributed by atoms with Crippen molar-refractivity contribution in [2.75, 3.05) is 33.9 Å². The molecule has 0 spiro atoms. The molecule has 0 atom stereocenters. The van der Waals surface area contributed by atoms with E-state index in [1.807, 2.05) is 6.92 Å². The highest BCUT2D eigenvalue weighted by Gasteiger charge is 2.21. The fraction of sp³-hybridized carbons (Fsp3) is 0.524. The summed E-state index contributed by atoms with van der Waals surface area (Å²) in [5.74, 6) is 2.56. The van der Waals surface area contributed by atoms with Crippen LogP contribution in [-0.2, 0) is 19.4 Å². The van der Waals surface area contributed by atoms with E-state index in [1.54, 1.807) is 25.6 Å². The van der Waals surface area contributed by atoms with Crippen LogP contribution in [0, 0.1) is 6.92 Å². The molecule has 0 unspecified atom stereocenters. The van der Waals surface area contributed by atoms with Crippen LogP contribution >= 0.6 is 35.3 Å². The van der Waals surface area contributed by atoms with E-state index in [2.05, 4.69) is 39.6 Å².